The Hall–Kier alpha value is -9.76. The van der Waals surface area contributed by atoms with Crippen molar-refractivity contribution in [2.75, 3.05) is 49.4 Å². The van der Waals surface area contributed by atoms with Gasteiger partial charge in [-0.05, 0) is 193 Å². The molecule has 0 bridgehead atoms. The molecule has 2 aromatic heterocycles. The first-order valence-corrected chi connectivity index (χ1v) is 38.6. The summed E-state index contributed by atoms with van der Waals surface area (Å²) in [5.74, 6) is 4.54. The predicted molar refractivity (Wildman–Crippen MR) is 417 cm³/mol. The molecule has 13 rings (SSSR count). The van der Waals surface area contributed by atoms with Gasteiger partial charge in [-0.1, -0.05) is 153 Å². The number of thiophene rings is 2. The maximum absolute atomic E-state index is 14.3. The maximum Gasteiger partial charge on any atom is 0.346 e. The molecule has 0 spiro atoms. The summed E-state index contributed by atoms with van der Waals surface area (Å²) in [5.41, 5.74) is 13.4. The standard InChI is InChI=1S/C88H92N2O10S2/c1-7-13-17-21-49-95-65-35-41-73-77(55-65)99-78-56-66(96-50-22-18-14-8-2)36-42-74(78)89(73)63-31-25-59(26-32-63)81-45-47-83(101-81)61-29-39-69-70-40-30-62(54-72(70)85(71(69)53-61)86(87(91)93-11-5)88(92)94-12-6)84-48-46-82(102-84)60-27-33-64(34-28-60)90-75-43-37-67(97-51-23-19-15-9-3)57-79(75)100-80-58-68(38-44-76(80)90)98-52-24-20-16-10-4/h25-48,53-58H,7-24,49-52H2,1-6H3. The number of rotatable bonds is 34. The number of hydrogen-bond acceptors (Lipinski definition) is 14. The Morgan fingerprint density at radius 3 is 0.931 bits per heavy atom. The highest BCUT2D eigenvalue weighted by Crippen LogP contribution is 2.56. The molecule has 0 saturated heterocycles. The lowest BCUT2D eigenvalue weighted by atomic mass is 9.95. The Morgan fingerprint density at radius 2 is 0.627 bits per heavy atom. The molecule has 3 aliphatic rings. The number of ether oxygens (including phenoxy) is 8. The van der Waals surface area contributed by atoms with E-state index in [0.717, 1.165) is 196 Å². The topological polar surface area (TPSA) is 114 Å². The quantitative estimate of drug-likeness (QED) is 0.0126. The van der Waals surface area contributed by atoms with Gasteiger partial charge in [0.25, 0.3) is 0 Å². The Balaban J connectivity index is 0.768. The molecule has 102 heavy (non-hydrogen) atoms. The lowest BCUT2D eigenvalue weighted by molar-refractivity contribution is -0.146. The van der Waals surface area contributed by atoms with Crippen molar-refractivity contribution >= 4 is 74.3 Å². The molecule has 0 radical (unpaired) electrons. The smallest absolute Gasteiger partial charge is 0.346 e. The summed E-state index contributed by atoms with van der Waals surface area (Å²) in [6, 6.07) is 63.1. The maximum atomic E-state index is 14.3. The van der Waals surface area contributed by atoms with E-state index in [1.807, 2.05) is 48.5 Å². The van der Waals surface area contributed by atoms with Crippen molar-refractivity contribution in [3.8, 4) is 98.9 Å². The summed E-state index contributed by atoms with van der Waals surface area (Å²) in [4.78, 5) is 37.3. The molecule has 12 nitrogen and oxygen atoms in total. The number of unbranched alkanes of at least 4 members (excludes halogenated alkanes) is 12. The van der Waals surface area contributed by atoms with E-state index >= 15 is 0 Å². The highest BCUT2D eigenvalue weighted by Gasteiger charge is 2.36. The Bertz CT molecular complexity index is 4170. The highest BCUT2D eigenvalue weighted by atomic mass is 32.1. The van der Waals surface area contributed by atoms with Gasteiger partial charge in [-0.2, -0.15) is 0 Å². The Labute approximate surface area is 609 Å². The summed E-state index contributed by atoms with van der Waals surface area (Å²) < 4.78 is 49.8. The van der Waals surface area contributed by atoms with Crippen LogP contribution in [-0.4, -0.2) is 51.6 Å². The fraction of sp³-hybridized carbons (Fsp3) is 0.318. The van der Waals surface area contributed by atoms with E-state index in [0.29, 0.717) is 32.0 Å². The Kier molecular flexibility index (Phi) is 23.4. The van der Waals surface area contributed by atoms with Crippen LogP contribution in [0.25, 0.3) is 58.5 Å². The van der Waals surface area contributed by atoms with Crippen LogP contribution in [0.5, 0.6) is 46.0 Å². The van der Waals surface area contributed by atoms with Crippen molar-refractivity contribution in [1.82, 2.24) is 0 Å². The van der Waals surface area contributed by atoms with E-state index in [1.54, 1.807) is 36.5 Å². The normalized spacial score (nSPS) is 12.3. The van der Waals surface area contributed by atoms with E-state index in [4.69, 9.17) is 37.9 Å². The molecule has 2 aliphatic heterocycles. The number of fused-ring (bicyclic) bond motifs is 7. The van der Waals surface area contributed by atoms with Crippen LogP contribution >= 0.6 is 22.7 Å². The predicted octanol–water partition coefficient (Wildman–Crippen LogP) is 25.4. The van der Waals surface area contributed by atoms with Crippen LogP contribution in [0.2, 0.25) is 0 Å². The molecular formula is C88H92N2O10S2. The van der Waals surface area contributed by atoms with Crippen molar-refractivity contribution in [2.45, 2.75) is 144 Å². The van der Waals surface area contributed by atoms with Gasteiger partial charge in [0.2, 0.25) is 0 Å². The van der Waals surface area contributed by atoms with Gasteiger partial charge < -0.3 is 47.7 Å². The van der Waals surface area contributed by atoms with Crippen LogP contribution < -0.4 is 38.2 Å². The van der Waals surface area contributed by atoms with E-state index in [9.17, 15) is 9.59 Å². The molecule has 1 aliphatic carbocycles. The van der Waals surface area contributed by atoms with Crippen molar-refractivity contribution in [3.63, 3.8) is 0 Å². The first-order valence-electron chi connectivity index (χ1n) is 37.0. The van der Waals surface area contributed by atoms with E-state index in [2.05, 4.69) is 171 Å². The summed E-state index contributed by atoms with van der Waals surface area (Å²) in [5, 5.41) is 0. The Morgan fingerprint density at radius 1 is 0.324 bits per heavy atom. The van der Waals surface area contributed by atoms with E-state index in [1.165, 1.54) is 51.4 Å². The monoisotopic (exact) mass is 1400 g/mol. The number of benzene rings is 8. The minimum Gasteiger partial charge on any atom is -0.493 e. The first kappa shape index (κ1) is 70.7. The van der Waals surface area contributed by atoms with Crippen LogP contribution in [-0.2, 0) is 19.1 Å². The van der Waals surface area contributed by atoms with Crippen molar-refractivity contribution in [3.05, 3.63) is 199 Å². The molecule has 0 saturated carbocycles. The van der Waals surface area contributed by atoms with Crippen LogP contribution in [0.1, 0.15) is 155 Å². The molecular weight excluding hydrogens is 1310 g/mol. The molecule has 0 amide bonds. The molecule has 0 fully saturated rings. The fourth-order valence-electron chi connectivity index (χ4n) is 13.6. The zero-order chi connectivity index (χ0) is 70.3. The van der Waals surface area contributed by atoms with E-state index in [-0.39, 0.29) is 18.8 Å². The SMILES string of the molecule is CCCCCCOc1ccc2c(c1)Oc1cc(OCCCCCC)ccc1N2c1ccc(-c2ccc(-c3ccc4c(c3)C(=C(C(=O)OCC)C(=O)OCC)c3cc(-c5ccc(-c6ccc(N7c8ccc(OCCCCCC)cc8Oc8cc(OCCCCCC)ccc87)cc6)s5)ccc3-4)s2)cc1. The largest absolute Gasteiger partial charge is 0.493 e. The van der Waals surface area contributed by atoms with Crippen LogP contribution in [0.15, 0.2) is 188 Å². The third kappa shape index (κ3) is 16.0. The van der Waals surface area contributed by atoms with Crippen molar-refractivity contribution in [2.24, 2.45) is 0 Å². The number of carbonyl (C=O) groups is 2. The minimum absolute atomic E-state index is 0.0864. The number of carbonyl (C=O) groups excluding carboxylic acids is 2. The van der Waals surface area contributed by atoms with Gasteiger partial charge in [-0.25, -0.2) is 9.59 Å². The number of hydrogen-bond donors (Lipinski definition) is 0. The zero-order valence-corrected chi connectivity index (χ0v) is 61.3. The van der Waals surface area contributed by atoms with Gasteiger partial charge in [0.15, 0.2) is 28.6 Å². The molecule has 10 aromatic rings. The van der Waals surface area contributed by atoms with Gasteiger partial charge in [-0.15, -0.1) is 22.7 Å². The van der Waals surface area contributed by atoms with Crippen LogP contribution in [0.4, 0.5) is 34.1 Å². The number of anilines is 6. The number of nitrogens with zero attached hydrogens (tertiary/aromatic N) is 2. The summed E-state index contributed by atoms with van der Waals surface area (Å²) >= 11 is 3.37. The lowest BCUT2D eigenvalue weighted by Crippen LogP contribution is -2.20. The third-order valence-corrected chi connectivity index (χ3v) is 21.2. The fourth-order valence-corrected chi connectivity index (χ4v) is 15.6. The van der Waals surface area contributed by atoms with Crippen molar-refractivity contribution in [1.29, 1.82) is 0 Å². The van der Waals surface area contributed by atoms with Gasteiger partial charge >= 0.3 is 11.9 Å². The second kappa shape index (κ2) is 33.8. The van der Waals surface area contributed by atoms with Gasteiger partial charge in [0.05, 0.1) is 62.4 Å². The molecule has 526 valence electrons. The summed E-state index contributed by atoms with van der Waals surface area (Å²) in [7, 11) is 0. The van der Waals surface area contributed by atoms with Gasteiger partial charge in [0, 0.05) is 60.7 Å². The molecule has 4 heterocycles. The molecule has 0 atom stereocenters. The van der Waals surface area contributed by atoms with Crippen LogP contribution in [0, 0.1) is 0 Å². The summed E-state index contributed by atoms with van der Waals surface area (Å²) in [6.45, 7) is 15.2. The first-order chi connectivity index (χ1) is 50.1. The second-order valence-corrected chi connectivity index (χ2v) is 28.3. The third-order valence-electron chi connectivity index (χ3n) is 18.9. The second-order valence-electron chi connectivity index (χ2n) is 26.2. The van der Waals surface area contributed by atoms with Crippen molar-refractivity contribution < 1.29 is 47.5 Å². The average Bonchev–Trinajstić information content (AvgIpc) is 1.69. The summed E-state index contributed by atoms with van der Waals surface area (Å²) in [6.07, 6.45) is 18.1. The molecule has 0 unspecified atom stereocenters. The average molecular weight is 1400 g/mol. The number of esters is 2. The highest BCUT2D eigenvalue weighted by molar-refractivity contribution is 7.19. The molecule has 8 aromatic carbocycles. The zero-order valence-electron chi connectivity index (χ0n) is 59.7. The molecule has 14 heteroatoms. The lowest BCUT2D eigenvalue weighted by Gasteiger charge is -2.33. The van der Waals surface area contributed by atoms with E-state index < -0.39 is 11.9 Å². The van der Waals surface area contributed by atoms with Gasteiger partial charge in [0.1, 0.15) is 23.0 Å². The van der Waals surface area contributed by atoms with Gasteiger partial charge in [-0.3, -0.25) is 0 Å². The molecule has 0 N–H and O–H groups in total. The minimum atomic E-state index is -0.727. The van der Waals surface area contributed by atoms with Crippen LogP contribution in [0.3, 0.4) is 0 Å².